The summed E-state index contributed by atoms with van der Waals surface area (Å²) in [6.45, 7) is 10.1. The Labute approximate surface area is 212 Å². The Kier molecular flexibility index (Phi) is 7.71. The first kappa shape index (κ1) is 25.8. The fourth-order valence-corrected chi connectivity index (χ4v) is 4.79. The average Bonchev–Trinajstić information content (AvgIpc) is 3.40. The van der Waals surface area contributed by atoms with Gasteiger partial charge < -0.3 is 24.6 Å². The van der Waals surface area contributed by atoms with E-state index >= 15 is 4.39 Å². The molecule has 8 heteroatoms. The van der Waals surface area contributed by atoms with E-state index in [4.69, 9.17) is 9.47 Å². The number of anilines is 2. The van der Waals surface area contributed by atoms with Crippen molar-refractivity contribution in [1.29, 1.82) is 0 Å². The van der Waals surface area contributed by atoms with Crippen LogP contribution in [0.15, 0.2) is 42.5 Å². The monoisotopic (exact) mass is 497 g/mol. The van der Waals surface area contributed by atoms with Crippen molar-refractivity contribution in [3.8, 4) is 5.75 Å². The maximum atomic E-state index is 15.2. The van der Waals surface area contributed by atoms with Crippen LogP contribution < -0.4 is 15.0 Å². The van der Waals surface area contributed by atoms with Crippen LogP contribution in [0.3, 0.4) is 0 Å². The number of benzene rings is 2. The summed E-state index contributed by atoms with van der Waals surface area (Å²) in [5, 5.41) is 2.77. The van der Waals surface area contributed by atoms with Crippen molar-refractivity contribution in [2.24, 2.45) is 5.92 Å². The topological polar surface area (TPSA) is 71.1 Å². The van der Waals surface area contributed by atoms with Gasteiger partial charge in [-0.2, -0.15) is 0 Å². The number of unbranched alkanes of at least 4 members (excludes halogenated alkanes) is 1. The Morgan fingerprint density at radius 1 is 1.11 bits per heavy atom. The first-order valence-corrected chi connectivity index (χ1v) is 12.7. The summed E-state index contributed by atoms with van der Waals surface area (Å²) in [7, 11) is 0. The number of hydrogen-bond acceptors (Lipinski definition) is 5. The number of halogens is 1. The summed E-state index contributed by atoms with van der Waals surface area (Å²) < 4.78 is 26.3. The molecule has 2 fully saturated rings. The number of nitrogens with one attached hydrogen (secondary N) is 1. The van der Waals surface area contributed by atoms with Gasteiger partial charge in [-0.05, 0) is 76.1 Å². The quantitative estimate of drug-likeness (QED) is 0.497. The predicted molar refractivity (Wildman–Crippen MR) is 138 cm³/mol. The van der Waals surface area contributed by atoms with E-state index in [9.17, 15) is 9.59 Å². The van der Waals surface area contributed by atoms with E-state index in [1.165, 1.54) is 6.07 Å². The van der Waals surface area contributed by atoms with Gasteiger partial charge in [-0.15, -0.1) is 0 Å². The Balaban J connectivity index is 1.37. The molecule has 2 amide bonds. The summed E-state index contributed by atoms with van der Waals surface area (Å²) in [6.07, 6.45) is 2.60. The normalized spacial score (nSPS) is 19.2. The van der Waals surface area contributed by atoms with Crippen molar-refractivity contribution < 1.29 is 23.5 Å². The molecule has 0 bridgehead atoms. The van der Waals surface area contributed by atoms with Gasteiger partial charge in [0.05, 0.1) is 18.3 Å². The molecular formula is C28H36FN3O4. The van der Waals surface area contributed by atoms with E-state index in [-0.39, 0.29) is 24.0 Å². The second-order valence-corrected chi connectivity index (χ2v) is 10.5. The third-order valence-electron chi connectivity index (χ3n) is 6.60. The summed E-state index contributed by atoms with van der Waals surface area (Å²) in [4.78, 5) is 28.9. The molecule has 0 aliphatic carbocycles. The molecular weight excluding hydrogens is 461 g/mol. The zero-order valence-corrected chi connectivity index (χ0v) is 21.6. The predicted octanol–water partition coefficient (Wildman–Crippen LogP) is 5.70. The lowest BCUT2D eigenvalue weighted by Gasteiger charge is -2.28. The molecule has 2 heterocycles. The number of hydrogen-bond donors (Lipinski definition) is 1. The standard InChI is InChI=1S/C28H36FN3O4/c1-5-6-15-35-22-10-7-19(8-11-22)26(33)30-21-9-12-24(23(29)16-21)32-14-13-20-17-31(18-25(20)32)27(34)36-28(2,3)4/h7-12,16,20,25H,5-6,13-15,17-18H2,1-4H3,(H,30,33)/t20-,25+/m1/s1. The molecule has 7 nitrogen and oxygen atoms in total. The molecule has 2 atom stereocenters. The number of nitrogens with zero attached hydrogens (tertiary/aromatic N) is 2. The van der Waals surface area contributed by atoms with E-state index in [0.29, 0.717) is 36.6 Å². The van der Waals surface area contributed by atoms with Gasteiger partial charge >= 0.3 is 6.09 Å². The average molecular weight is 498 g/mol. The molecule has 0 saturated carbocycles. The lowest BCUT2D eigenvalue weighted by molar-refractivity contribution is 0.0284. The SMILES string of the molecule is CCCCOc1ccc(C(=O)Nc2ccc(N3CC[C@@H]4CN(C(=O)OC(C)(C)C)C[C@@H]43)c(F)c2)cc1. The maximum Gasteiger partial charge on any atom is 0.410 e. The highest BCUT2D eigenvalue weighted by Crippen LogP contribution is 2.37. The van der Waals surface area contributed by atoms with Gasteiger partial charge in [-0.1, -0.05) is 13.3 Å². The van der Waals surface area contributed by atoms with E-state index in [0.717, 1.165) is 31.6 Å². The first-order valence-electron chi connectivity index (χ1n) is 12.7. The number of fused-ring (bicyclic) bond motifs is 1. The minimum atomic E-state index is -0.550. The van der Waals surface area contributed by atoms with Gasteiger partial charge in [0.1, 0.15) is 17.2 Å². The molecule has 0 spiro atoms. The van der Waals surface area contributed by atoms with Crippen LogP contribution in [0.4, 0.5) is 20.6 Å². The Morgan fingerprint density at radius 3 is 2.53 bits per heavy atom. The lowest BCUT2D eigenvalue weighted by Crippen LogP contribution is -2.39. The Hall–Kier alpha value is -3.29. The van der Waals surface area contributed by atoms with Gasteiger partial charge in [0, 0.05) is 36.8 Å². The Morgan fingerprint density at radius 2 is 1.86 bits per heavy atom. The van der Waals surface area contributed by atoms with Crippen LogP contribution in [0.2, 0.25) is 0 Å². The molecule has 2 aromatic carbocycles. The lowest BCUT2D eigenvalue weighted by atomic mass is 10.0. The van der Waals surface area contributed by atoms with Crippen molar-refractivity contribution in [1.82, 2.24) is 4.90 Å². The first-order chi connectivity index (χ1) is 17.1. The molecule has 1 N–H and O–H groups in total. The van der Waals surface area contributed by atoms with Crippen molar-refractivity contribution in [2.45, 2.75) is 58.6 Å². The van der Waals surface area contributed by atoms with Gasteiger partial charge in [0.25, 0.3) is 5.91 Å². The number of carbonyl (C=O) groups is 2. The van der Waals surface area contributed by atoms with E-state index < -0.39 is 11.4 Å². The van der Waals surface area contributed by atoms with Gasteiger partial charge in [-0.3, -0.25) is 4.79 Å². The summed E-state index contributed by atoms with van der Waals surface area (Å²) in [5.74, 6) is 0.290. The molecule has 2 aliphatic heterocycles. The van der Waals surface area contributed by atoms with Crippen molar-refractivity contribution in [3.63, 3.8) is 0 Å². The number of rotatable bonds is 7. The van der Waals surface area contributed by atoms with E-state index in [1.54, 1.807) is 41.3 Å². The van der Waals surface area contributed by atoms with Crippen LogP contribution in [0, 0.1) is 11.7 Å². The van der Waals surface area contributed by atoms with E-state index in [2.05, 4.69) is 12.2 Å². The second kappa shape index (κ2) is 10.8. The highest BCUT2D eigenvalue weighted by molar-refractivity contribution is 6.04. The maximum absolute atomic E-state index is 15.2. The third kappa shape index (κ3) is 6.09. The summed E-state index contributed by atoms with van der Waals surface area (Å²) in [6, 6.07) is 11.7. The molecule has 2 saturated heterocycles. The second-order valence-electron chi connectivity index (χ2n) is 10.5. The third-order valence-corrected chi connectivity index (χ3v) is 6.60. The van der Waals surface area contributed by atoms with E-state index in [1.807, 2.05) is 25.7 Å². The molecule has 0 aromatic heterocycles. The molecule has 4 rings (SSSR count). The minimum Gasteiger partial charge on any atom is -0.494 e. The molecule has 36 heavy (non-hydrogen) atoms. The number of ether oxygens (including phenoxy) is 2. The van der Waals surface area contributed by atoms with Crippen molar-refractivity contribution in [3.05, 3.63) is 53.8 Å². The molecule has 2 aliphatic rings. The largest absolute Gasteiger partial charge is 0.494 e. The van der Waals surface area contributed by atoms with Gasteiger partial charge in [0.2, 0.25) is 0 Å². The highest BCUT2D eigenvalue weighted by atomic mass is 19.1. The van der Waals surface area contributed by atoms with Crippen LogP contribution >= 0.6 is 0 Å². The zero-order valence-electron chi connectivity index (χ0n) is 21.6. The number of amides is 2. The Bertz CT molecular complexity index is 1080. The molecule has 2 aromatic rings. The van der Waals surface area contributed by atoms with Crippen LogP contribution in [0.25, 0.3) is 0 Å². The van der Waals surface area contributed by atoms with Crippen LogP contribution in [-0.2, 0) is 4.74 Å². The van der Waals surface area contributed by atoms with Gasteiger partial charge in [-0.25, -0.2) is 9.18 Å². The molecule has 194 valence electrons. The van der Waals surface area contributed by atoms with Crippen LogP contribution in [-0.4, -0.2) is 54.8 Å². The molecule has 0 unspecified atom stereocenters. The highest BCUT2D eigenvalue weighted by Gasteiger charge is 2.44. The summed E-state index contributed by atoms with van der Waals surface area (Å²) in [5.41, 5.74) is 0.797. The van der Waals surface area contributed by atoms with Gasteiger partial charge in [0.15, 0.2) is 0 Å². The van der Waals surface area contributed by atoms with Crippen molar-refractivity contribution >= 4 is 23.4 Å². The van der Waals surface area contributed by atoms with Crippen LogP contribution in [0.5, 0.6) is 5.75 Å². The van der Waals surface area contributed by atoms with Crippen molar-refractivity contribution in [2.75, 3.05) is 36.5 Å². The molecule has 0 radical (unpaired) electrons. The number of carbonyl (C=O) groups excluding carboxylic acids is 2. The fraction of sp³-hybridized carbons (Fsp3) is 0.500. The zero-order chi connectivity index (χ0) is 25.9. The smallest absolute Gasteiger partial charge is 0.410 e. The minimum absolute atomic E-state index is 0.0468. The fourth-order valence-electron chi connectivity index (χ4n) is 4.79. The number of likely N-dealkylation sites (tertiary alicyclic amines) is 1. The van der Waals surface area contributed by atoms with Crippen LogP contribution in [0.1, 0.15) is 57.3 Å². The summed E-state index contributed by atoms with van der Waals surface area (Å²) >= 11 is 0.